The van der Waals surface area contributed by atoms with E-state index in [9.17, 15) is 0 Å². The molecule has 19 heavy (non-hydrogen) atoms. The number of nitrogens with one attached hydrogen (secondary N) is 1. The van der Waals surface area contributed by atoms with Crippen molar-refractivity contribution in [2.45, 2.75) is 26.3 Å². The molecule has 0 spiro atoms. The summed E-state index contributed by atoms with van der Waals surface area (Å²) in [5.41, 5.74) is 1.19. The van der Waals surface area contributed by atoms with E-state index < -0.39 is 0 Å². The molecule has 1 N–H and O–H groups in total. The van der Waals surface area contributed by atoms with Gasteiger partial charge in [0.25, 0.3) is 0 Å². The number of benzene rings is 1. The van der Waals surface area contributed by atoms with Crippen molar-refractivity contribution in [2.75, 3.05) is 32.3 Å². The standard InChI is InChI=1S/C15H25NO2S/c1-5-16-12(2)14-8-7-13(17-3)11-15(14)18-9-6-10-19-4/h7-8,11-12,16H,5-6,9-10H2,1-4H3. The summed E-state index contributed by atoms with van der Waals surface area (Å²) in [5, 5.41) is 3.42. The molecule has 0 aliphatic rings. The molecule has 0 aromatic heterocycles. The minimum absolute atomic E-state index is 0.284. The van der Waals surface area contributed by atoms with Gasteiger partial charge in [-0.1, -0.05) is 13.0 Å². The molecule has 0 aliphatic heterocycles. The number of ether oxygens (including phenoxy) is 2. The maximum atomic E-state index is 5.92. The third-order valence-electron chi connectivity index (χ3n) is 2.95. The van der Waals surface area contributed by atoms with Crippen molar-refractivity contribution in [1.29, 1.82) is 0 Å². The lowest BCUT2D eigenvalue weighted by atomic mass is 10.1. The summed E-state index contributed by atoms with van der Waals surface area (Å²) in [7, 11) is 1.68. The van der Waals surface area contributed by atoms with E-state index in [-0.39, 0.29) is 6.04 Å². The fourth-order valence-corrected chi connectivity index (χ4v) is 2.33. The largest absolute Gasteiger partial charge is 0.497 e. The predicted molar refractivity (Wildman–Crippen MR) is 83.6 cm³/mol. The van der Waals surface area contributed by atoms with E-state index in [4.69, 9.17) is 9.47 Å². The van der Waals surface area contributed by atoms with Gasteiger partial charge in [-0.2, -0.15) is 11.8 Å². The molecule has 0 radical (unpaired) electrons. The molecule has 0 saturated carbocycles. The Morgan fingerprint density at radius 1 is 1.37 bits per heavy atom. The van der Waals surface area contributed by atoms with Gasteiger partial charge >= 0.3 is 0 Å². The molecule has 1 aromatic carbocycles. The Morgan fingerprint density at radius 2 is 2.16 bits per heavy atom. The summed E-state index contributed by atoms with van der Waals surface area (Å²) in [6, 6.07) is 6.32. The normalized spacial score (nSPS) is 12.2. The second kappa shape index (κ2) is 9.10. The average molecular weight is 283 g/mol. The second-order valence-corrected chi connectivity index (χ2v) is 5.36. The fraction of sp³-hybridized carbons (Fsp3) is 0.600. The van der Waals surface area contributed by atoms with Crippen LogP contribution in [0.4, 0.5) is 0 Å². The van der Waals surface area contributed by atoms with Crippen LogP contribution in [0.5, 0.6) is 11.5 Å². The van der Waals surface area contributed by atoms with Gasteiger partial charge in [0.05, 0.1) is 13.7 Å². The average Bonchev–Trinajstić information content (AvgIpc) is 2.43. The molecule has 3 nitrogen and oxygen atoms in total. The first-order chi connectivity index (χ1) is 9.22. The van der Waals surface area contributed by atoms with E-state index in [1.54, 1.807) is 7.11 Å². The van der Waals surface area contributed by atoms with Gasteiger partial charge in [-0.25, -0.2) is 0 Å². The number of thioether (sulfide) groups is 1. The van der Waals surface area contributed by atoms with Crippen LogP contribution in [-0.2, 0) is 0 Å². The van der Waals surface area contributed by atoms with Gasteiger partial charge in [-0.15, -0.1) is 0 Å². The monoisotopic (exact) mass is 283 g/mol. The molecule has 1 unspecified atom stereocenters. The summed E-state index contributed by atoms with van der Waals surface area (Å²) in [6.45, 7) is 5.96. The van der Waals surface area contributed by atoms with Gasteiger partial charge in [-0.05, 0) is 38.0 Å². The number of rotatable bonds is 9. The van der Waals surface area contributed by atoms with Crippen LogP contribution in [0.15, 0.2) is 18.2 Å². The molecule has 108 valence electrons. The zero-order valence-corrected chi connectivity index (χ0v) is 13.2. The van der Waals surface area contributed by atoms with Crippen LogP contribution in [0.2, 0.25) is 0 Å². The van der Waals surface area contributed by atoms with Crippen molar-refractivity contribution in [1.82, 2.24) is 5.32 Å². The third-order valence-corrected chi connectivity index (χ3v) is 3.64. The second-order valence-electron chi connectivity index (χ2n) is 4.38. The lowest BCUT2D eigenvalue weighted by Crippen LogP contribution is -2.18. The highest BCUT2D eigenvalue weighted by atomic mass is 32.2. The van der Waals surface area contributed by atoms with Gasteiger partial charge in [0, 0.05) is 17.7 Å². The van der Waals surface area contributed by atoms with Gasteiger partial charge in [0.2, 0.25) is 0 Å². The number of hydrogen-bond acceptors (Lipinski definition) is 4. The maximum absolute atomic E-state index is 5.92. The third kappa shape index (κ3) is 5.33. The Kier molecular flexibility index (Phi) is 7.75. The summed E-state index contributed by atoms with van der Waals surface area (Å²) >= 11 is 1.85. The van der Waals surface area contributed by atoms with Crippen LogP contribution in [0.1, 0.15) is 31.9 Å². The number of methoxy groups -OCH3 is 1. The van der Waals surface area contributed by atoms with E-state index in [0.29, 0.717) is 0 Å². The van der Waals surface area contributed by atoms with Crippen LogP contribution < -0.4 is 14.8 Å². The van der Waals surface area contributed by atoms with E-state index in [1.807, 2.05) is 23.9 Å². The van der Waals surface area contributed by atoms with Gasteiger partial charge < -0.3 is 14.8 Å². The number of hydrogen-bond donors (Lipinski definition) is 1. The molecule has 1 atom stereocenters. The molecule has 1 rings (SSSR count). The lowest BCUT2D eigenvalue weighted by Gasteiger charge is -2.18. The highest BCUT2D eigenvalue weighted by Crippen LogP contribution is 2.29. The van der Waals surface area contributed by atoms with Crippen molar-refractivity contribution < 1.29 is 9.47 Å². The Balaban J connectivity index is 2.77. The topological polar surface area (TPSA) is 30.5 Å². The highest BCUT2D eigenvalue weighted by Gasteiger charge is 2.12. The molecule has 0 bridgehead atoms. The smallest absolute Gasteiger partial charge is 0.127 e. The zero-order chi connectivity index (χ0) is 14.1. The first-order valence-corrected chi connectivity index (χ1v) is 8.15. The molecular weight excluding hydrogens is 258 g/mol. The fourth-order valence-electron chi connectivity index (χ4n) is 1.93. The van der Waals surface area contributed by atoms with Crippen LogP contribution in [-0.4, -0.2) is 32.3 Å². The molecule has 0 saturated heterocycles. The van der Waals surface area contributed by atoms with Crippen molar-refractivity contribution in [3.05, 3.63) is 23.8 Å². The van der Waals surface area contributed by atoms with E-state index in [0.717, 1.165) is 36.8 Å². The molecular formula is C15H25NO2S. The van der Waals surface area contributed by atoms with Crippen molar-refractivity contribution in [3.63, 3.8) is 0 Å². The Labute approximate surface area is 121 Å². The highest BCUT2D eigenvalue weighted by molar-refractivity contribution is 7.98. The van der Waals surface area contributed by atoms with E-state index >= 15 is 0 Å². The van der Waals surface area contributed by atoms with Crippen LogP contribution in [0.3, 0.4) is 0 Å². The van der Waals surface area contributed by atoms with E-state index in [2.05, 4.69) is 31.5 Å². The predicted octanol–water partition coefficient (Wildman–Crippen LogP) is 3.50. The van der Waals surface area contributed by atoms with Crippen molar-refractivity contribution in [3.8, 4) is 11.5 Å². The first-order valence-electron chi connectivity index (χ1n) is 6.76. The van der Waals surface area contributed by atoms with E-state index in [1.165, 1.54) is 5.56 Å². The summed E-state index contributed by atoms with van der Waals surface area (Å²) in [4.78, 5) is 0. The molecule has 0 amide bonds. The van der Waals surface area contributed by atoms with Crippen molar-refractivity contribution >= 4 is 11.8 Å². The molecule has 1 aromatic rings. The molecule has 0 aliphatic carbocycles. The molecule has 4 heteroatoms. The van der Waals surface area contributed by atoms with Gasteiger partial charge in [0.1, 0.15) is 11.5 Å². The Morgan fingerprint density at radius 3 is 2.79 bits per heavy atom. The molecule has 0 heterocycles. The van der Waals surface area contributed by atoms with Crippen LogP contribution in [0, 0.1) is 0 Å². The zero-order valence-electron chi connectivity index (χ0n) is 12.4. The Bertz CT molecular complexity index is 371. The SMILES string of the molecule is CCNC(C)c1ccc(OC)cc1OCCCSC. The summed E-state index contributed by atoms with van der Waals surface area (Å²) < 4.78 is 11.2. The Hall–Kier alpha value is -0.870. The lowest BCUT2D eigenvalue weighted by molar-refractivity contribution is 0.309. The van der Waals surface area contributed by atoms with Crippen LogP contribution in [0.25, 0.3) is 0 Å². The summed E-state index contributed by atoms with van der Waals surface area (Å²) in [5.74, 6) is 2.89. The van der Waals surface area contributed by atoms with Gasteiger partial charge in [-0.3, -0.25) is 0 Å². The van der Waals surface area contributed by atoms with Crippen LogP contribution >= 0.6 is 11.8 Å². The summed E-state index contributed by atoms with van der Waals surface area (Å²) in [6.07, 6.45) is 3.18. The van der Waals surface area contributed by atoms with Crippen molar-refractivity contribution in [2.24, 2.45) is 0 Å². The first kappa shape index (κ1) is 16.2. The minimum Gasteiger partial charge on any atom is -0.497 e. The quantitative estimate of drug-likeness (QED) is 0.703. The minimum atomic E-state index is 0.284. The maximum Gasteiger partial charge on any atom is 0.127 e. The molecule has 0 fully saturated rings. The van der Waals surface area contributed by atoms with Gasteiger partial charge in [0.15, 0.2) is 0 Å².